The molecular formula is C13H24F2O5S. The molecule has 0 saturated carbocycles. The molecule has 0 fully saturated rings. The molecule has 0 bridgehead atoms. The number of carbonyl (C=O) groups excluding carboxylic acids is 1. The van der Waals surface area contributed by atoms with Crippen LogP contribution in [-0.2, 0) is 18.9 Å². The minimum Gasteiger partial charge on any atom is -0.460 e. The molecule has 0 radical (unpaired) electrons. The van der Waals surface area contributed by atoms with Gasteiger partial charge in [0.25, 0.3) is 0 Å². The van der Waals surface area contributed by atoms with Gasteiger partial charge in [-0.15, -0.1) is 4.33 Å². The number of esters is 1. The van der Waals surface area contributed by atoms with Crippen LogP contribution in [0.5, 0.6) is 0 Å². The summed E-state index contributed by atoms with van der Waals surface area (Å²) in [5.74, 6) is -1.70. The van der Waals surface area contributed by atoms with Crippen molar-refractivity contribution in [2.24, 2.45) is 0 Å². The molecule has 0 aliphatic rings. The summed E-state index contributed by atoms with van der Waals surface area (Å²) in [5.41, 5.74) is 0. The zero-order valence-electron chi connectivity index (χ0n) is 12.3. The molecule has 0 heterocycles. The van der Waals surface area contributed by atoms with Gasteiger partial charge in [-0.3, -0.25) is 0 Å². The van der Waals surface area contributed by atoms with Crippen LogP contribution >= 0.6 is 12.0 Å². The largest absolute Gasteiger partial charge is 0.460 e. The molecule has 5 nitrogen and oxygen atoms in total. The van der Waals surface area contributed by atoms with E-state index in [4.69, 9.17) is 5.26 Å². The third-order valence-corrected chi connectivity index (χ3v) is 3.39. The Bertz CT molecular complexity index is 267. The Morgan fingerprint density at radius 1 is 1.05 bits per heavy atom. The number of rotatable bonds is 14. The van der Waals surface area contributed by atoms with Crippen molar-refractivity contribution >= 4 is 18.0 Å². The minimum absolute atomic E-state index is 0.0508. The van der Waals surface area contributed by atoms with Crippen molar-refractivity contribution in [3.63, 3.8) is 0 Å². The lowest BCUT2D eigenvalue weighted by atomic mass is 10.1. The molecule has 0 aromatic carbocycles. The Morgan fingerprint density at radius 3 is 2.10 bits per heavy atom. The predicted molar refractivity (Wildman–Crippen MR) is 75.5 cm³/mol. The van der Waals surface area contributed by atoms with Crippen LogP contribution in [0, 0.1) is 0 Å². The smallest absolute Gasteiger partial charge is 0.415 e. The van der Waals surface area contributed by atoms with Gasteiger partial charge >= 0.3 is 11.2 Å². The molecule has 0 saturated heterocycles. The van der Waals surface area contributed by atoms with E-state index < -0.39 is 23.3 Å². The van der Waals surface area contributed by atoms with E-state index in [-0.39, 0.29) is 6.61 Å². The zero-order valence-corrected chi connectivity index (χ0v) is 13.1. The number of alkyl halides is 2. The molecule has 8 heteroatoms. The van der Waals surface area contributed by atoms with E-state index in [1.807, 2.05) is 0 Å². The minimum atomic E-state index is -3.90. The van der Waals surface area contributed by atoms with Crippen molar-refractivity contribution in [3.8, 4) is 0 Å². The van der Waals surface area contributed by atoms with Gasteiger partial charge < -0.3 is 4.74 Å². The van der Waals surface area contributed by atoms with Crippen molar-refractivity contribution in [1.82, 2.24) is 0 Å². The molecule has 0 amide bonds. The summed E-state index contributed by atoms with van der Waals surface area (Å²) in [5, 5.41) is 6.85. The monoisotopic (exact) mass is 330 g/mol. The van der Waals surface area contributed by atoms with Crippen molar-refractivity contribution in [3.05, 3.63) is 0 Å². The second kappa shape index (κ2) is 13.2. The van der Waals surface area contributed by atoms with Crippen LogP contribution in [-0.4, -0.2) is 23.1 Å². The molecular weight excluding hydrogens is 306 g/mol. The number of unbranched alkanes of at least 4 members (excludes halogenated alkanes) is 8. The maximum Gasteiger partial charge on any atom is 0.415 e. The molecule has 0 aliphatic carbocycles. The molecule has 126 valence electrons. The first-order valence-corrected chi connectivity index (χ1v) is 7.99. The molecule has 0 aliphatic heterocycles. The highest BCUT2D eigenvalue weighted by Gasteiger charge is 2.44. The van der Waals surface area contributed by atoms with Crippen LogP contribution in [0.3, 0.4) is 0 Å². The van der Waals surface area contributed by atoms with E-state index in [0.29, 0.717) is 6.42 Å². The standard InChI is InChI=1S/C13H24F2O5S/c1-2-3-4-5-6-7-8-9-10-11-18-12(16)13(14,15)21-20-19-17/h17H,2-11H2,1H3. The Balaban J connectivity index is 3.43. The molecule has 21 heavy (non-hydrogen) atoms. The fraction of sp³-hybridized carbons (Fsp3) is 0.923. The van der Waals surface area contributed by atoms with E-state index >= 15 is 0 Å². The predicted octanol–water partition coefficient (Wildman–Crippen LogP) is 4.72. The highest BCUT2D eigenvalue weighted by atomic mass is 32.2. The fourth-order valence-corrected chi connectivity index (χ4v) is 2.00. The number of hydrogen-bond donors (Lipinski definition) is 1. The summed E-state index contributed by atoms with van der Waals surface area (Å²) >= 11 is -0.612. The SMILES string of the molecule is CCCCCCCCCCCOC(=O)C(F)(F)SOOO. The van der Waals surface area contributed by atoms with Gasteiger partial charge in [-0.2, -0.15) is 8.78 Å². The highest BCUT2D eigenvalue weighted by Crippen LogP contribution is 2.31. The van der Waals surface area contributed by atoms with Gasteiger partial charge in [0.05, 0.1) is 6.61 Å². The van der Waals surface area contributed by atoms with Crippen LogP contribution < -0.4 is 0 Å². The number of hydrogen-bond acceptors (Lipinski definition) is 6. The first kappa shape index (κ1) is 20.6. The summed E-state index contributed by atoms with van der Waals surface area (Å²) in [7, 11) is 0. The quantitative estimate of drug-likeness (QED) is 0.163. The van der Waals surface area contributed by atoms with Gasteiger partial charge in [-0.25, -0.2) is 10.1 Å². The average Bonchev–Trinajstić information content (AvgIpc) is 2.46. The van der Waals surface area contributed by atoms with E-state index in [1.54, 1.807) is 0 Å². The van der Waals surface area contributed by atoms with E-state index in [2.05, 4.69) is 21.0 Å². The Hall–Kier alpha value is -0.440. The fourth-order valence-electron chi connectivity index (χ4n) is 1.75. The van der Waals surface area contributed by atoms with Gasteiger partial charge in [0.15, 0.2) is 0 Å². The first-order chi connectivity index (χ1) is 10.0. The average molecular weight is 330 g/mol. The summed E-state index contributed by atoms with van der Waals surface area (Å²) < 4.78 is 33.9. The number of carbonyl (C=O) groups is 1. The first-order valence-electron chi connectivity index (χ1n) is 7.25. The van der Waals surface area contributed by atoms with Crippen LogP contribution in [0.4, 0.5) is 8.78 Å². The lowest BCUT2D eigenvalue weighted by Crippen LogP contribution is -2.27. The Kier molecular flexibility index (Phi) is 13.0. The van der Waals surface area contributed by atoms with Crippen LogP contribution in [0.2, 0.25) is 0 Å². The van der Waals surface area contributed by atoms with E-state index in [0.717, 1.165) is 19.3 Å². The summed E-state index contributed by atoms with van der Waals surface area (Å²) in [6.07, 6.45) is 9.71. The molecule has 0 unspecified atom stereocenters. The zero-order chi connectivity index (χ0) is 16.0. The second-order valence-electron chi connectivity index (χ2n) is 4.71. The van der Waals surface area contributed by atoms with Gasteiger partial charge in [0, 0.05) is 0 Å². The highest BCUT2D eigenvalue weighted by molar-refractivity contribution is 7.96. The Morgan fingerprint density at radius 2 is 1.57 bits per heavy atom. The maximum atomic E-state index is 13.0. The van der Waals surface area contributed by atoms with Crippen LogP contribution in [0.15, 0.2) is 0 Å². The van der Waals surface area contributed by atoms with Gasteiger partial charge in [0.1, 0.15) is 12.0 Å². The van der Waals surface area contributed by atoms with Crippen LogP contribution in [0.1, 0.15) is 64.7 Å². The van der Waals surface area contributed by atoms with Gasteiger partial charge in [-0.1, -0.05) is 63.3 Å². The lowest BCUT2D eigenvalue weighted by Gasteiger charge is -2.12. The number of ether oxygens (including phenoxy) is 1. The molecule has 0 aromatic heterocycles. The summed E-state index contributed by atoms with van der Waals surface area (Å²) in [6.45, 7) is 2.12. The van der Waals surface area contributed by atoms with Gasteiger partial charge in [-0.05, 0) is 6.42 Å². The maximum absolute atomic E-state index is 13.0. The summed E-state index contributed by atoms with van der Waals surface area (Å²) in [4.78, 5) is 11.0. The number of halogens is 2. The van der Waals surface area contributed by atoms with E-state index in [9.17, 15) is 13.6 Å². The molecule has 0 spiro atoms. The topological polar surface area (TPSA) is 65.0 Å². The summed E-state index contributed by atoms with van der Waals surface area (Å²) in [6, 6.07) is 0. The Labute approximate surface area is 128 Å². The molecule has 0 rings (SSSR count). The third kappa shape index (κ3) is 11.9. The van der Waals surface area contributed by atoms with Gasteiger partial charge in [0.2, 0.25) is 0 Å². The van der Waals surface area contributed by atoms with Crippen molar-refractivity contribution in [1.29, 1.82) is 0 Å². The lowest BCUT2D eigenvalue weighted by molar-refractivity contribution is -0.433. The molecule has 1 N–H and O–H groups in total. The van der Waals surface area contributed by atoms with Crippen molar-refractivity contribution < 1.29 is 32.9 Å². The molecule has 0 atom stereocenters. The van der Waals surface area contributed by atoms with E-state index in [1.165, 1.54) is 32.1 Å². The van der Waals surface area contributed by atoms with Crippen molar-refractivity contribution in [2.75, 3.05) is 6.61 Å². The second-order valence-corrected chi connectivity index (χ2v) is 5.52. The molecule has 0 aromatic rings. The van der Waals surface area contributed by atoms with Crippen molar-refractivity contribution in [2.45, 2.75) is 70.0 Å². The third-order valence-electron chi connectivity index (χ3n) is 2.89. The normalized spacial score (nSPS) is 11.6. The van der Waals surface area contributed by atoms with Crippen LogP contribution in [0.25, 0.3) is 0 Å².